The number of hydrogen-bond donors (Lipinski definition) is 0. The molecule has 0 aliphatic carbocycles. The molecule has 0 spiro atoms. The second kappa shape index (κ2) is 10.9. The molecule has 0 bridgehead atoms. The van der Waals surface area contributed by atoms with E-state index in [9.17, 15) is 0 Å². The fourth-order valence-electron chi connectivity index (χ4n) is 5.65. The lowest BCUT2D eigenvalue weighted by Crippen LogP contribution is -2.34. The minimum absolute atomic E-state index is 0.0345. The maximum Gasteiger partial charge on any atom is 0.140 e. The molecule has 37 heavy (non-hydrogen) atoms. The molecular formula is C32H41N3OSi. The summed E-state index contributed by atoms with van der Waals surface area (Å²) in [6, 6.07) is 29.8. The summed E-state index contributed by atoms with van der Waals surface area (Å²) in [5.74, 6) is 0. The first-order valence-electron chi connectivity index (χ1n) is 13.7. The molecular weight excluding hydrogens is 470 g/mol. The largest absolute Gasteiger partial charge is 0.360 e. The SMILES string of the molecule is Cc1ccc2c(C3(Cc4ccccc4)CCN(Cc4ccccc4)C3)nn(COCC[Si](C)(C)C)c2c1. The Kier molecular flexibility index (Phi) is 7.66. The third-order valence-electron chi connectivity index (χ3n) is 7.69. The predicted molar refractivity (Wildman–Crippen MR) is 157 cm³/mol. The molecule has 1 unspecified atom stereocenters. The van der Waals surface area contributed by atoms with Crippen LogP contribution in [0.4, 0.5) is 0 Å². The molecule has 4 aromatic rings. The molecule has 0 N–H and O–H groups in total. The highest BCUT2D eigenvalue weighted by Crippen LogP contribution is 2.41. The molecule has 4 nitrogen and oxygen atoms in total. The van der Waals surface area contributed by atoms with Gasteiger partial charge >= 0.3 is 0 Å². The lowest BCUT2D eigenvalue weighted by molar-refractivity contribution is 0.0809. The van der Waals surface area contributed by atoms with Gasteiger partial charge in [-0.2, -0.15) is 5.10 Å². The van der Waals surface area contributed by atoms with Crippen molar-refractivity contribution in [3.05, 3.63) is 101 Å². The van der Waals surface area contributed by atoms with Crippen molar-refractivity contribution in [2.45, 2.75) is 64.1 Å². The van der Waals surface area contributed by atoms with Gasteiger partial charge in [0.15, 0.2) is 0 Å². The summed E-state index contributed by atoms with van der Waals surface area (Å²) in [6.45, 7) is 13.7. The Labute approximate surface area is 223 Å². The molecule has 1 atom stereocenters. The van der Waals surface area contributed by atoms with Crippen LogP contribution in [0.25, 0.3) is 10.9 Å². The van der Waals surface area contributed by atoms with E-state index in [1.165, 1.54) is 39.3 Å². The van der Waals surface area contributed by atoms with Crippen molar-refractivity contribution in [1.82, 2.24) is 14.7 Å². The molecule has 1 saturated heterocycles. The maximum absolute atomic E-state index is 6.20. The van der Waals surface area contributed by atoms with E-state index in [2.05, 4.69) is 115 Å². The van der Waals surface area contributed by atoms with Gasteiger partial charge in [-0.05, 0) is 55.1 Å². The van der Waals surface area contributed by atoms with Crippen molar-refractivity contribution in [1.29, 1.82) is 0 Å². The number of aromatic nitrogens is 2. The van der Waals surface area contributed by atoms with Crippen molar-refractivity contribution >= 4 is 19.0 Å². The van der Waals surface area contributed by atoms with Crippen LogP contribution in [-0.4, -0.2) is 42.5 Å². The third-order valence-corrected chi connectivity index (χ3v) is 9.39. The molecule has 1 aliphatic heterocycles. The van der Waals surface area contributed by atoms with Gasteiger partial charge in [0.05, 0.1) is 11.2 Å². The van der Waals surface area contributed by atoms with E-state index in [0.29, 0.717) is 6.73 Å². The number of ether oxygens (including phenoxy) is 1. The number of likely N-dealkylation sites (tertiary alicyclic amines) is 1. The topological polar surface area (TPSA) is 30.3 Å². The van der Waals surface area contributed by atoms with E-state index in [1.54, 1.807) is 0 Å². The highest BCUT2D eigenvalue weighted by molar-refractivity contribution is 6.76. The zero-order valence-electron chi connectivity index (χ0n) is 22.9. The van der Waals surface area contributed by atoms with Crippen LogP contribution in [0.1, 0.15) is 28.8 Å². The summed E-state index contributed by atoms with van der Waals surface area (Å²) in [5, 5.41) is 6.61. The van der Waals surface area contributed by atoms with Gasteiger partial charge in [-0.3, -0.25) is 4.90 Å². The maximum atomic E-state index is 6.20. The number of fused-ring (bicyclic) bond motifs is 1. The molecule has 5 rings (SSSR count). The van der Waals surface area contributed by atoms with Crippen molar-refractivity contribution in [3.8, 4) is 0 Å². The van der Waals surface area contributed by atoms with Crippen molar-refractivity contribution in [2.24, 2.45) is 0 Å². The fraction of sp³-hybridized carbons (Fsp3) is 0.406. The third kappa shape index (κ3) is 6.23. The average Bonchev–Trinajstić information content (AvgIpc) is 3.44. The quantitative estimate of drug-likeness (QED) is 0.169. The van der Waals surface area contributed by atoms with Crippen LogP contribution in [0, 0.1) is 6.92 Å². The minimum Gasteiger partial charge on any atom is -0.360 e. The Balaban J connectivity index is 1.49. The van der Waals surface area contributed by atoms with Gasteiger partial charge in [0.25, 0.3) is 0 Å². The molecule has 194 valence electrons. The van der Waals surface area contributed by atoms with Crippen molar-refractivity contribution in [3.63, 3.8) is 0 Å². The second-order valence-electron chi connectivity index (χ2n) is 12.1. The number of rotatable bonds is 10. The monoisotopic (exact) mass is 511 g/mol. The van der Waals surface area contributed by atoms with Crippen LogP contribution >= 0.6 is 0 Å². The van der Waals surface area contributed by atoms with Crippen LogP contribution in [0.2, 0.25) is 25.7 Å². The Bertz CT molecular complexity index is 1310. The standard InChI is InChI=1S/C32H41N3OSi/c1-26-15-16-29-30(21-26)35(25-36-19-20-37(2,3)4)33-31(29)32(22-27-11-7-5-8-12-27)17-18-34(24-32)23-28-13-9-6-10-14-28/h5-16,21H,17-20,22-25H2,1-4H3. The lowest BCUT2D eigenvalue weighted by atomic mass is 9.76. The second-order valence-corrected chi connectivity index (χ2v) is 17.7. The molecule has 0 saturated carbocycles. The minimum atomic E-state index is -1.13. The molecule has 0 amide bonds. The Morgan fingerprint density at radius 1 is 0.919 bits per heavy atom. The van der Waals surface area contributed by atoms with E-state index in [-0.39, 0.29) is 5.41 Å². The van der Waals surface area contributed by atoms with Gasteiger partial charge in [0.2, 0.25) is 0 Å². The summed E-state index contributed by atoms with van der Waals surface area (Å²) in [4.78, 5) is 2.61. The summed E-state index contributed by atoms with van der Waals surface area (Å²) in [7, 11) is -1.13. The molecule has 1 aliphatic rings. The number of nitrogens with zero attached hydrogens (tertiary/aromatic N) is 3. The highest BCUT2D eigenvalue weighted by Gasteiger charge is 2.43. The molecule has 3 aromatic carbocycles. The Hall–Kier alpha value is -2.73. The van der Waals surface area contributed by atoms with Crippen LogP contribution in [0.15, 0.2) is 78.9 Å². The van der Waals surface area contributed by atoms with Crippen LogP contribution in [-0.2, 0) is 29.8 Å². The van der Waals surface area contributed by atoms with Gasteiger partial charge < -0.3 is 4.74 Å². The number of hydrogen-bond acceptors (Lipinski definition) is 3. The van der Waals surface area contributed by atoms with Gasteiger partial charge in [-0.1, -0.05) is 92.4 Å². The molecule has 1 aromatic heterocycles. The van der Waals surface area contributed by atoms with Gasteiger partial charge in [-0.15, -0.1) is 0 Å². The van der Waals surface area contributed by atoms with E-state index < -0.39 is 8.07 Å². The summed E-state index contributed by atoms with van der Waals surface area (Å²) >= 11 is 0. The summed E-state index contributed by atoms with van der Waals surface area (Å²) in [6.07, 6.45) is 2.10. The van der Waals surface area contributed by atoms with Crippen LogP contribution in [0.3, 0.4) is 0 Å². The Morgan fingerprint density at radius 2 is 1.62 bits per heavy atom. The van der Waals surface area contributed by atoms with Crippen molar-refractivity contribution < 1.29 is 4.74 Å². The van der Waals surface area contributed by atoms with Crippen LogP contribution in [0.5, 0.6) is 0 Å². The zero-order valence-corrected chi connectivity index (χ0v) is 23.9. The number of aryl methyl sites for hydroxylation is 1. The van der Waals surface area contributed by atoms with Gasteiger partial charge in [0.1, 0.15) is 6.73 Å². The van der Waals surface area contributed by atoms with Gasteiger partial charge in [0, 0.05) is 38.6 Å². The van der Waals surface area contributed by atoms with Gasteiger partial charge in [-0.25, -0.2) is 4.68 Å². The lowest BCUT2D eigenvalue weighted by Gasteiger charge is -2.29. The average molecular weight is 512 g/mol. The highest BCUT2D eigenvalue weighted by atomic mass is 28.3. The molecule has 2 heterocycles. The van der Waals surface area contributed by atoms with E-state index >= 15 is 0 Å². The predicted octanol–water partition coefficient (Wildman–Crippen LogP) is 7.04. The molecule has 5 heteroatoms. The van der Waals surface area contributed by atoms with Crippen LogP contribution < -0.4 is 0 Å². The smallest absolute Gasteiger partial charge is 0.140 e. The van der Waals surface area contributed by atoms with E-state index in [1.807, 2.05) is 0 Å². The molecule has 1 fully saturated rings. The fourth-order valence-corrected chi connectivity index (χ4v) is 6.40. The van der Waals surface area contributed by atoms with E-state index in [0.717, 1.165) is 39.1 Å². The first-order chi connectivity index (χ1) is 17.8. The normalized spacial score (nSPS) is 18.6. The number of benzene rings is 3. The first-order valence-corrected chi connectivity index (χ1v) is 17.4. The summed E-state index contributed by atoms with van der Waals surface area (Å²) in [5.41, 5.74) is 6.40. The molecule has 0 radical (unpaired) electrons. The first kappa shape index (κ1) is 25.9. The van der Waals surface area contributed by atoms with E-state index in [4.69, 9.17) is 9.84 Å². The van der Waals surface area contributed by atoms with Crippen molar-refractivity contribution in [2.75, 3.05) is 19.7 Å². The Morgan fingerprint density at radius 3 is 2.32 bits per heavy atom. The summed E-state index contributed by atoms with van der Waals surface area (Å²) < 4.78 is 8.32. The zero-order chi connectivity index (χ0) is 25.9.